The van der Waals surface area contributed by atoms with Gasteiger partial charge in [-0.05, 0) is 24.0 Å². The molecule has 16 heavy (non-hydrogen) atoms. The Kier molecular flexibility index (Phi) is 4.22. The average molecular weight is 222 g/mol. The van der Waals surface area contributed by atoms with E-state index in [1.54, 1.807) is 14.2 Å². The third-order valence-electron chi connectivity index (χ3n) is 2.80. The lowest BCUT2D eigenvalue weighted by atomic mass is 9.93. The lowest BCUT2D eigenvalue weighted by molar-refractivity contribution is 0.390. The van der Waals surface area contributed by atoms with Gasteiger partial charge in [0.1, 0.15) is 11.5 Å². The van der Waals surface area contributed by atoms with Gasteiger partial charge in [0.25, 0.3) is 0 Å². The topological polar surface area (TPSA) is 18.5 Å². The number of hydrogen-bond acceptors (Lipinski definition) is 2. The van der Waals surface area contributed by atoms with Crippen molar-refractivity contribution in [3.8, 4) is 11.5 Å². The van der Waals surface area contributed by atoms with E-state index in [1.165, 1.54) is 11.1 Å². The van der Waals surface area contributed by atoms with E-state index >= 15 is 0 Å². The molecule has 1 aromatic carbocycles. The van der Waals surface area contributed by atoms with Crippen molar-refractivity contribution in [2.24, 2.45) is 0 Å². The van der Waals surface area contributed by atoms with Crippen LogP contribution in [0.3, 0.4) is 0 Å². The summed E-state index contributed by atoms with van der Waals surface area (Å²) in [6.45, 7) is 8.67. The molecule has 0 fully saturated rings. The number of methoxy groups -OCH3 is 2. The molecule has 90 valence electrons. The third-order valence-corrected chi connectivity index (χ3v) is 2.80. The normalized spacial score (nSPS) is 11.0. The van der Waals surface area contributed by atoms with Crippen LogP contribution in [-0.4, -0.2) is 14.2 Å². The first-order chi connectivity index (χ1) is 7.51. The standard InChI is InChI=1S/C14H22O2/c1-9(2)12-7-11(15-5)8-13(10(3)4)14(12)16-6/h7-10H,1-6H3. The molecule has 0 saturated carbocycles. The molecule has 0 atom stereocenters. The Labute approximate surface area is 98.6 Å². The molecule has 1 rings (SSSR count). The Morgan fingerprint density at radius 3 is 1.50 bits per heavy atom. The van der Waals surface area contributed by atoms with Gasteiger partial charge in [-0.15, -0.1) is 0 Å². The lowest BCUT2D eigenvalue weighted by Gasteiger charge is -2.19. The Bertz CT molecular complexity index is 325. The third kappa shape index (κ3) is 2.49. The Morgan fingerprint density at radius 1 is 0.812 bits per heavy atom. The fourth-order valence-electron chi connectivity index (χ4n) is 1.86. The quantitative estimate of drug-likeness (QED) is 0.768. The molecule has 0 bridgehead atoms. The summed E-state index contributed by atoms with van der Waals surface area (Å²) in [5.41, 5.74) is 2.43. The van der Waals surface area contributed by atoms with Crippen LogP contribution in [0.2, 0.25) is 0 Å². The minimum Gasteiger partial charge on any atom is -0.497 e. The molecule has 2 heteroatoms. The molecule has 0 aliphatic heterocycles. The number of ether oxygens (including phenoxy) is 2. The molecular weight excluding hydrogens is 200 g/mol. The molecular formula is C14H22O2. The summed E-state index contributed by atoms with van der Waals surface area (Å²) in [7, 11) is 3.44. The highest BCUT2D eigenvalue weighted by molar-refractivity contribution is 5.50. The second kappa shape index (κ2) is 5.24. The molecule has 0 aliphatic rings. The van der Waals surface area contributed by atoms with E-state index in [0.717, 1.165) is 11.5 Å². The highest BCUT2D eigenvalue weighted by Gasteiger charge is 2.16. The molecule has 0 amide bonds. The fourth-order valence-corrected chi connectivity index (χ4v) is 1.86. The minimum absolute atomic E-state index is 0.433. The average Bonchev–Trinajstić information content (AvgIpc) is 2.26. The zero-order valence-corrected chi connectivity index (χ0v) is 11.1. The summed E-state index contributed by atoms with van der Waals surface area (Å²) in [5, 5.41) is 0. The summed E-state index contributed by atoms with van der Waals surface area (Å²) in [5.74, 6) is 2.78. The predicted molar refractivity (Wildman–Crippen MR) is 67.7 cm³/mol. The van der Waals surface area contributed by atoms with E-state index < -0.39 is 0 Å². The fraction of sp³-hybridized carbons (Fsp3) is 0.571. The Balaban J connectivity index is 3.40. The summed E-state index contributed by atoms with van der Waals surface area (Å²) >= 11 is 0. The minimum atomic E-state index is 0.433. The zero-order chi connectivity index (χ0) is 12.3. The maximum absolute atomic E-state index is 5.54. The van der Waals surface area contributed by atoms with Crippen LogP contribution in [0.4, 0.5) is 0 Å². The molecule has 0 aromatic heterocycles. The van der Waals surface area contributed by atoms with Crippen LogP contribution < -0.4 is 9.47 Å². The first-order valence-electron chi connectivity index (χ1n) is 5.77. The van der Waals surface area contributed by atoms with Gasteiger partial charge in [0, 0.05) is 11.1 Å². The predicted octanol–water partition coefficient (Wildman–Crippen LogP) is 3.95. The molecule has 1 aromatic rings. The Hall–Kier alpha value is -1.18. The first kappa shape index (κ1) is 12.9. The van der Waals surface area contributed by atoms with E-state index in [-0.39, 0.29) is 0 Å². The molecule has 0 spiro atoms. The SMILES string of the molecule is COc1cc(C(C)C)c(OC)c(C(C)C)c1. The van der Waals surface area contributed by atoms with E-state index in [9.17, 15) is 0 Å². The second-order valence-electron chi connectivity index (χ2n) is 4.65. The summed E-state index contributed by atoms with van der Waals surface area (Å²) < 4.78 is 10.9. The molecule has 0 saturated heterocycles. The summed E-state index contributed by atoms with van der Waals surface area (Å²) in [4.78, 5) is 0. The largest absolute Gasteiger partial charge is 0.497 e. The van der Waals surface area contributed by atoms with Crippen LogP contribution in [-0.2, 0) is 0 Å². The van der Waals surface area contributed by atoms with Crippen molar-refractivity contribution in [3.63, 3.8) is 0 Å². The first-order valence-corrected chi connectivity index (χ1v) is 5.77. The highest BCUT2D eigenvalue weighted by Crippen LogP contribution is 2.37. The van der Waals surface area contributed by atoms with Crippen molar-refractivity contribution in [2.45, 2.75) is 39.5 Å². The number of hydrogen-bond donors (Lipinski definition) is 0. The smallest absolute Gasteiger partial charge is 0.126 e. The monoisotopic (exact) mass is 222 g/mol. The lowest BCUT2D eigenvalue weighted by Crippen LogP contribution is -2.02. The van der Waals surface area contributed by atoms with Gasteiger partial charge in [0.15, 0.2) is 0 Å². The van der Waals surface area contributed by atoms with Crippen LogP contribution >= 0.6 is 0 Å². The zero-order valence-electron chi connectivity index (χ0n) is 11.1. The van der Waals surface area contributed by atoms with E-state index in [1.807, 2.05) is 0 Å². The molecule has 0 unspecified atom stereocenters. The molecule has 2 nitrogen and oxygen atoms in total. The van der Waals surface area contributed by atoms with Crippen LogP contribution in [0.1, 0.15) is 50.7 Å². The van der Waals surface area contributed by atoms with Gasteiger partial charge in [-0.1, -0.05) is 27.7 Å². The summed E-state index contributed by atoms with van der Waals surface area (Å²) in [6, 6.07) is 4.13. The molecule has 0 aliphatic carbocycles. The molecule has 0 heterocycles. The van der Waals surface area contributed by atoms with E-state index in [0.29, 0.717) is 11.8 Å². The van der Waals surface area contributed by atoms with Crippen molar-refractivity contribution < 1.29 is 9.47 Å². The van der Waals surface area contributed by atoms with Gasteiger partial charge in [-0.25, -0.2) is 0 Å². The number of rotatable bonds is 4. The van der Waals surface area contributed by atoms with Crippen molar-refractivity contribution in [1.82, 2.24) is 0 Å². The van der Waals surface area contributed by atoms with Gasteiger partial charge in [0.2, 0.25) is 0 Å². The van der Waals surface area contributed by atoms with Crippen molar-refractivity contribution in [1.29, 1.82) is 0 Å². The van der Waals surface area contributed by atoms with Gasteiger partial charge < -0.3 is 9.47 Å². The number of benzene rings is 1. The maximum atomic E-state index is 5.54. The van der Waals surface area contributed by atoms with Crippen LogP contribution in [0, 0.1) is 0 Å². The molecule has 0 N–H and O–H groups in total. The van der Waals surface area contributed by atoms with Gasteiger partial charge in [-0.3, -0.25) is 0 Å². The maximum Gasteiger partial charge on any atom is 0.126 e. The van der Waals surface area contributed by atoms with Crippen LogP contribution in [0.5, 0.6) is 11.5 Å². The van der Waals surface area contributed by atoms with Gasteiger partial charge in [-0.2, -0.15) is 0 Å². The Morgan fingerprint density at radius 2 is 1.25 bits per heavy atom. The van der Waals surface area contributed by atoms with E-state index in [2.05, 4.69) is 39.8 Å². The van der Waals surface area contributed by atoms with Crippen molar-refractivity contribution in [2.75, 3.05) is 14.2 Å². The van der Waals surface area contributed by atoms with Crippen molar-refractivity contribution in [3.05, 3.63) is 23.3 Å². The molecule has 0 radical (unpaired) electrons. The van der Waals surface area contributed by atoms with E-state index in [4.69, 9.17) is 9.47 Å². The van der Waals surface area contributed by atoms with Crippen LogP contribution in [0.15, 0.2) is 12.1 Å². The van der Waals surface area contributed by atoms with Crippen molar-refractivity contribution >= 4 is 0 Å². The van der Waals surface area contributed by atoms with Gasteiger partial charge >= 0.3 is 0 Å². The summed E-state index contributed by atoms with van der Waals surface area (Å²) in [6.07, 6.45) is 0. The highest BCUT2D eigenvalue weighted by atomic mass is 16.5. The van der Waals surface area contributed by atoms with Gasteiger partial charge in [0.05, 0.1) is 14.2 Å². The second-order valence-corrected chi connectivity index (χ2v) is 4.65. The van der Waals surface area contributed by atoms with Crippen LogP contribution in [0.25, 0.3) is 0 Å².